The quantitative estimate of drug-likeness (QED) is 0.722. The highest BCUT2D eigenvalue weighted by Gasteiger charge is 2.26. The fourth-order valence-corrected chi connectivity index (χ4v) is 2.08. The number of hydrogen-bond acceptors (Lipinski definition) is 3. The molecule has 5 nitrogen and oxygen atoms in total. The number of carbonyl (C=O) groups excluding carboxylic acids is 1. The van der Waals surface area contributed by atoms with Crippen molar-refractivity contribution in [3.8, 4) is 0 Å². The molecule has 1 amide bonds. The predicted molar refractivity (Wildman–Crippen MR) is 83.5 cm³/mol. The van der Waals surface area contributed by atoms with Crippen molar-refractivity contribution in [3.05, 3.63) is 29.8 Å². The van der Waals surface area contributed by atoms with Gasteiger partial charge in [0, 0.05) is 5.69 Å². The molecule has 0 aliphatic carbocycles. The lowest BCUT2D eigenvalue weighted by molar-refractivity contribution is -0.137. The van der Waals surface area contributed by atoms with E-state index in [1.54, 1.807) is 12.1 Å². The molecule has 3 N–H and O–H groups in total. The number of carboxylic acid groups (broad SMARTS) is 1. The van der Waals surface area contributed by atoms with Crippen LogP contribution in [0.25, 0.3) is 0 Å². The van der Waals surface area contributed by atoms with Crippen molar-refractivity contribution in [1.29, 1.82) is 0 Å². The SMILES string of the molecule is CCNC(C)(C)C(=O)Nc1ccc(C(C)CC(=O)O)cc1. The van der Waals surface area contributed by atoms with E-state index in [0.717, 1.165) is 5.56 Å². The molecular weight excluding hydrogens is 268 g/mol. The van der Waals surface area contributed by atoms with Gasteiger partial charge in [-0.3, -0.25) is 9.59 Å². The van der Waals surface area contributed by atoms with E-state index < -0.39 is 11.5 Å². The maximum Gasteiger partial charge on any atom is 0.303 e. The zero-order valence-electron chi connectivity index (χ0n) is 13.1. The van der Waals surface area contributed by atoms with Crippen LogP contribution in [0, 0.1) is 0 Å². The number of likely N-dealkylation sites (N-methyl/N-ethyl adjacent to an activating group) is 1. The summed E-state index contributed by atoms with van der Waals surface area (Å²) < 4.78 is 0. The second-order valence-corrected chi connectivity index (χ2v) is 5.73. The van der Waals surface area contributed by atoms with Crippen LogP contribution in [0.1, 0.15) is 45.6 Å². The molecule has 0 bridgehead atoms. The van der Waals surface area contributed by atoms with Crippen molar-refractivity contribution in [3.63, 3.8) is 0 Å². The first kappa shape index (κ1) is 17.2. The van der Waals surface area contributed by atoms with Gasteiger partial charge in [0.05, 0.1) is 12.0 Å². The van der Waals surface area contributed by atoms with Gasteiger partial charge in [0.1, 0.15) is 0 Å². The molecular formula is C16H24N2O3. The van der Waals surface area contributed by atoms with Crippen LogP contribution >= 0.6 is 0 Å². The summed E-state index contributed by atoms with van der Waals surface area (Å²) >= 11 is 0. The molecule has 0 fully saturated rings. The Kier molecular flexibility index (Phi) is 5.90. The number of hydrogen-bond donors (Lipinski definition) is 3. The molecule has 1 aromatic rings. The van der Waals surface area contributed by atoms with Crippen LogP contribution in [0.15, 0.2) is 24.3 Å². The van der Waals surface area contributed by atoms with E-state index in [-0.39, 0.29) is 18.2 Å². The van der Waals surface area contributed by atoms with Crippen LogP contribution in [-0.4, -0.2) is 29.1 Å². The van der Waals surface area contributed by atoms with Gasteiger partial charge in [0.2, 0.25) is 5.91 Å². The lowest BCUT2D eigenvalue weighted by Gasteiger charge is -2.24. The fraction of sp³-hybridized carbons (Fsp3) is 0.500. The Morgan fingerprint density at radius 1 is 1.24 bits per heavy atom. The van der Waals surface area contributed by atoms with E-state index in [4.69, 9.17) is 5.11 Å². The standard InChI is InChI=1S/C16H24N2O3/c1-5-17-16(3,4)15(21)18-13-8-6-12(7-9-13)11(2)10-14(19)20/h6-9,11,17H,5,10H2,1-4H3,(H,18,21)(H,19,20). The molecule has 5 heteroatoms. The van der Waals surface area contributed by atoms with Gasteiger partial charge in [-0.05, 0) is 44.0 Å². The van der Waals surface area contributed by atoms with Gasteiger partial charge in [0.15, 0.2) is 0 Å². The lowest BCUT2D eigenvalue weighted by Crippen LogP contribution is -2.49. The van der Waals surface area contributed by atoms with Gasteiger partial charge in [-0.25, -0.2) is 0 Å². The van der Waals surface area contributed by atoms with Crippen molar-refractivity contribution in [2.24, 2.45) is 0 Å². The summed E-state index contributed by atoms with van der Waals surface area (Å²) in [4.78, 5) is 22.8. The molecule has 0 saturated heterocycles. The molecule has 0 heterocycles. The van der Waals surface area contributed by atoms with E-state index in [9.17, 15) is 9.59 Å². The van der Waals surface area contributed by atoms with Crippen LogP contribution in [0.5, 0.6) is 0 Å². The Bertz CT molecular complexity index is 495. The summed E-state index contributed by atoms with van der Waals surface area (Å²) in [6.45, 7) is 8.19. The van der Waals surface area contributed by atoms with Gasteiger partial charge < -0.3 is 15.7 Å². The van der Waals surface area contributed by atoms with Gasteiger partial charge in [0.25, 0.3) is 0 Å². The Labute approximate surface area is 125 Å². The molecule has 0 aliphatic rings. The van der Waals surface area contributed by atoms with Crippen molar-refractivity contribution < 1.29 is 14.7 Å². The summed E-state index contributed by atoms with van der Waals surface area (Å²) in [5.41, 5.74) is 1.02. The Morgan fingerprint density at radius 2 is 1.81 bits per heavy atom. The van der Waals surface area contributed by atoms with E-state index in [2.05, 4.69) is 10.6 Å². The molecule has 1 aromatic carbocycles. The molecule has 0 aliphatic heterocycles. The van der Waals surface area contributed by atoms with Crippen LogP contribution < -0.4 is 10.6 Å². The van der Waals surface area contributed by atoms with E-state index in [1.807, 2.05) is 39.8 Å². The molecule has 1 unspecified atom stereocenters. The van der Waals surface area contributed by atoms with Gasteiger partial charge in [-0.15, -0.1) is 0 Å². The zero-order valence-corrected chi connectivity index (χ0v) is 13.1. The van der Waals surface area contributed by atoms with Crippen molar-refractivity contribution in [2.45, 2.75) is 45.6 Å². The molecule has 0 saturated carbocycles. The van der Waals surface area contributed by atoms with Crippen LogP contribution in [-0.2, 0) is 9.59 Å². The van der Waals surface area contributed by atoms with Crippen molar-refractivity contribution in [2.75, 3.05) is 11.9 Å². The van der Waals surface area contributed by atoms with E-state index in [1.165, 1.54) is 0 Å². The summed E-state index contributed by atoms with van der Waals surface area (Å²) in [7, 11) is 0. The Morgan fingerprint density at radius 3 is 2.29 bits per heavy atom. The molecule has 1 rings (SSSR count). The number of nitrogens with one attached hydrogen (secondary N) is 2. The highest BCUT2D eigenvalue weighted by atomic mass is 16.4. The zero-order chi connectivity index (χ0) is 16.0. The number of carbonyl (C=O) groups is 2. The maximum absolute atomic E-state index is 12.1. The minimum Gasteiger partial charge on any atom is -0.481 e. The summed E-state index contributed by atoms with van der Waals surface area (Å²) in [6.07, 6.45) is 0.0964. The summed E-state index contributed by atoms with van der Waals surface area (Å²) in [5, 5.41) is 14.8. The minimum atomic E-state index is -0.813. The van der Waals surface area contributed by atoms with Gasteiger partial charge in [-0.1, -0.05) is 26.0 Å². The van der Waals surface area contributed by atoms with Crippen LogP contribution in [0.4, 0.5) is 5.69 Å². The first-order valence-electron chi connectivity index (χ1n) is 7.14. The summed E-state index contributed by atoms with van der Waals surface area (Å²) in [6, 6.07) is 7.30. The van der Waals surface area contributed by atoms with Crippen LogP contribution in [0.2, 0.25) is 0 Å². The normalized spacial score (nSPS) is 12.8. The van der Waals surface area contributed by atoms with Gasteiger partial charge >= 0.3 is 5.97 Å². The monoisotopic (exact) mass is 292 g/mol. The largest absolute Gasteiger partial charge is 0.481 e. The average Bonchev–Trinajstić information content (AvgIpc) is 2.38. The molecule has 0 radical (unpaired) electrons. The topological polar surface area (TPSA) is 78.4 Å². The number of anilines is 1. The highest BCUT2D eigenvalue weighted by molar-refractivity contribution is 5.97. The average molecular weight is 292 g/mol. The third-order valence-electron chi connectivity index (χ3n) is 3.40. The first-order valence-corrected chi connectivity index (χ1v) is 7.14. The highest BCUT2D eigenvalue weighted by Crippen LogP contribution is 2.21. The second kappa shape index (κ2) is 7.22. The van der Waals surface area contributed by atoms with Crippen molar-refractivity contribution >= 4 is 17.6 Å². The molecule has 21 heavy (non-hydrogen) atoms. The molecule has 116 valence electrons. The third-order valence-corrected chi connectivity index (χ3v) is 3.40. The number of benzene rings is 1. The van der Waals surface area contributed by atoms with Crippen molar-refractivity contribution in [1.82, 2.24) is 5.32 Å². The second-order valence-electron chi connectivity index (χ2n) is 5.73. The minimum absolute atomic E-state index is 0.0505. The van der Waals surface area contributed by atoms with Crippen LogP contribution in [0.3, 0.4) is 0 Å². The number of aliphatic carboxylic acids is 1. The van der Waals surface area contributed by atoms with E-state index in [0.29, 0.717) is 12.2 Å². The molecule has 1 atom stereocenters. The smallest absolute Gasteiger partial charge is 0.303 e. The van der Waals surface area contributed by atoms with Gasteiger partial charge in [-0.2, -0.15) is 0 Å². The number of amides is 1. The summed E-state index contributed by atoms with van der Waals surface area (Å²) in [5.74, 6) is -0.964. The fourth-order valence-electron chi connectivity index (χ4n) is 2.08. The lowest BCUT2D eigenvalue weighted by atomic mass is 9.97. The Hall–Kier alpha value is -1.88. The molecule has 0 aromatic heterocycles. The third kappa shape index (κ3) is 5.19. The predicted octanol–water partition coefficient (Wildman–Crippen LogP) is 2.59. The molecule has 0 spiro atoms. The number of rotatable bonds is 7. The first-order chi connectivity index (χ1) is 9.76. The maximum atomic E-state index is 12.1. The van der Waals surface area contributed by atoms with E-state index >= 15 is 0 Å². The Balaban J connectivity index is 2.71. The number of carboxylic acids is 1.